The predicted molar refractivity (Wildman–Crippen MR) is 79.3 cm³/mol. The molecule has 2 aliphatic rings. The van der Waals surface area contributed by atoms with E-state index in [1.807, 2.05) is 0 Å². The number of nitrogens with zero attached hydrogens (tertiary/aromatic N) is 2. The van der Waals surface area contributed by atoms with Gasteiger partial charge in [0.05, 0.1) is 0 Å². The summed E-state index contributed by atoms with van der Waals surface area (Å²) >= 11 is 0. The Morgan fingerprint density at radius 2 is 1.59 bits per heavy atom. The fourth-order valence-corrected chi connectivity index (χ4v) is 2.71. The third-order valence-corrected chi connectivity index (χ3v) is 4.30. The highest BCUT2D eigenvalue weighted by Crippen LogP contribution is 2.39. The lowest BCUT2D eigenvalue weighted by Crippen LogP contribution is -2.61. The van der Waals surface area contributed by atoms with E-state index in [1.54, 1.807) is 6.92 Å². The van der Waals surface area contributed by atoms with Crippen LogP contribution < -0.4 is 0 Å². The molecule has 0 aromatic rings. The van der Waals surface area contributed by atoms with Gasteiger partial charge in [-0.3, -0.25) is 0 Å². The van der Waals surface area contributed by atoms with E-state index in [-0.39, 0.29) is 0 Å². The zero-order valence-electron chi connectivity index (χ0n) is 13.4. The van der Waals surface area contributed by atoms with Crippen LogP contribution in [0.15, 0.2) is 10.2 Å². The Balaban J connectivity index is 1.72. The van der Waals surface area contributed by atoms with Gasteiger partial charge in [-0.1, -0.05) is 39.0 Å². The van der Waals surface area contributed by atoms with E-state index in [4.69, 9.17) is 9.47 Å². The van der Waals surface area contributed by atoms with Crippen LogP contribution in [-0.4, -0.2) is 58.3 Å². The number of ether oxygens (including phenoxy) is 2. The lowest BCUT2D eigenvalue weighted by molar-refractivity contribution is -0.302. The number of aliphatic hydroxyl groups excluding tert-OH is 3. The summed E-state index contributed by atoms with van der Waals surface area (Å²) in [5.74, 6) is 0. The van der Waals surface area contributed by atoms with Crippen molar-refractivity contribution >= 4 is 0 Å². The largest absolute Gasteiger partial charge is 0.387 e. The number of unbranched alkanes of at least 4 members (excludes halogenated alkanes) is 5. The molecule has 128 valence electrons. The molecule has 0 spiro atoms. The number of rotatable bonds is 9. The summed E-state index contributed by atoms with van der Waals surface area (Å²) in [6.45, 7) is 4.34. The number of aliphatic hydroxyl groups is 3. The molecule has 0 radical (unpaired) electrons. The maximum atomic E-state index is 9.98. The monoisotopic (exact) mass is 316 g/mol. The lowest BCUT2D eigenvalue weighted by Gasteiger charge is -2.41. The van der Waals surface area contributed by atoms with Gasteiger partial charge in [0.25, 0.3) is 0 Å². The van der Waals surface area contributed by atoms with Gasteiger partial charge in [0.2, 0.25) is 5.66 Å². The van der Waals surface area contributed by atoms with Crippen molar-refractivity contribution in [3.8, 4) is 0 Å². The van der Waals surface area contributed by atoms with Crippen molar-refractivity contribution in [1.29, 1.82) is 0 Å². The molecule has 0 saturated carbocycles. The van der Waals surface area contributed by atoms with E-state index < -0.39 is 36.4 Å². The zero-order valence-corrected chi connectivity index (χ0v) is 13.4. The van der Waals surface area contributed by atoms with Crippen molar-refractivity contribution in [2.24, 2.45) is 10.2 Å². The maximum absolute atomic E-state index is 9.98. The quantitative estimate of drug-likeness (QED) is 0.557. The molecule has 7 nitrogen and oxygen atoms in total. The van der Waals surface area contributed by atoms with Gasteiger partial charge in [0.15, 0.2) is 6.29 Å². The summed E-state index contributed by atoms with van der Waals surface area (Å²) in [6.07, 6.45) is 1.25. The van der Waals surface area contributed by atoms with Crippen LogP contribution in [0.25, 0.3) is 0 Å². The average molecular weight is 316 g/mol. The highest BCUT2D eigenvalue weighted by molar-refractivity contribution is 5.05. The minimum atomic E-state index is -1.32. The van der Waals surface area contributed by atoms with Crippen molar-refractivity contribution in [1.82, 2.24) is 0 Å². The van der Waals surface area contributed by atoms with E-state index in [9.17, 15) is 15.3 Å². The molecule has 0 amide bonds. The van der Waals surface area contributed by atoms with Crippen molar-refractivity contribution < 1.29 is 24.8 Å². The van der Waals surface area contributed by atoms with Crippen LogP contribution in [-0.2, 0) is 9.47 Å². The SMILES string of the molecule is CCCCCCCCOC1O[C@H](C2(C)N=N2)[C@@H](O)[C@H](O)[C@H]1O. The second-order valence-electron chi connectivity index (χ2n) is 6.33. The summed E-state index contributed by atoms with van der Waals surface area (Å²) in [6, 6.07) is 0. The third kappa shape index (κ3) is 4.23. The molecule has 2 heterocycles. The van der Waals surface area contributed by atoms with Gasteiger partial charge in [-0.2, -0.15) is 10.2 Å². The molecule has 5 atom stereocenters. The van der Waals surface area contributed by atoms with Crippen LogP contribution in [0.1, 0.15) is 52.4 Å². The molecule has 3 N–H and O–H groups in total. The second kappa shape index (κ2) is 7.79. The van der Waals surface area contributed by atoms with Crippen molar-refractivity contribution in [2.75, 3.05) is 6.61 Å². The highest BCUT2D eigenvalue weighted by atomic mass is 16.7. The van der Waals surface area contributed by atoms with E-state index in [0.29, 0.717) is 6.61 Å². The van der Waals surface area contributed by atoms with Crippen molar-refractivity contribution in [3.05, 3.63) is 0 Å². The topological polar surface area (TPSA) is 104 Å². The van der Waals surface area contributed by atoms with Gasteiger partial charge in [-0.05, 0) is 13.3 Å². The first-order chi connectivity index (χ1) is 10.5. The molecule has 2 aliphatic heterocycles. The number of hydrogen-bond acceptors (Lipinski definition) is 7. The Morgan fingerprint density at radius 3 is 2.23 bits per heavy atom. The smallest absolute Gasteiger partial charge is 0.216 e. The molecule has 22 heavy (non-hydrogen) atoms. The Morgan fingerprint density at radius 1 is 0.955 bits per heavy atom. The molecule has 7 heteroatoms. The minimum absolute atomic E-state index is 0.453. The molecule has 0 aromatic carbocycles. The number of hydrogen-bond donors (Lipinski definition) is 3. The summed E-state index contributed by atoms with van der Waals surface area (Å²) in [5.41, 5.74) is -0.845. The lowest BCUT2D eigenvalue weighted by atomic mass is 9.93. The van der Waals surface area contributed by atoms with Crippen molar-refractivity contribution in [2.45, 2.75) is 88.7 Å². The first-order valence-corrected chi connectivity index (χ1v) is 8.25. The van der Waals surface area contributed by atoms with Crippen molar-refractivity contribution in [3.63, 3.8) is 0 Å². The second-order valence-corrected chi connectivity index (χ2v) is 6.33. The van der Waals surface area contributed by atoms with Crippen LogP contribution >= 0.6 is 0 Å². The molecule has 1 unspecified atom stereocenters. The summed E-state index contributed by atoms with van der Waals surface area (Å²) in [7, 11) is 0. The first kappa shape index (κ1) is 17.7. The maximum Gasteiger partial charge on any atom is 0.216 e. The van der Waals surface area contributed by atoms with Gasteiger partial charge in [-0.15, -0.1) is 0 Å². The molecular formula is C15H28N2O5. The summed E-state index contributed by atoms with van der Waals surface area (Å²) < 4.78 is 11.1. The minimum Gasteiger partial charge on any atom is -0.387 e. The standard InChI is InChI=1S/C15H28N2O5/c1-3-4-5-6-7-8-9-21-14-12(20)10(18)11(19)13(22-14)15(2)16-17-15/h10-14,18-20H,3-9H2,1-2H3/t10-,11-,12+,13-,14?/m0/s1. The Bertz CT molecular complexity index is 373. The van der Waals surface area contributed by atoms with E-state index in [0.717, 1.165) is 12.8 Å². The van der Waals surface area contributed by atoms with Gasteiger partial charge in [0, 0.05) is 6.61 Å². The predicted octanol–water partition coefficient (Wildman–Crippen LogP) is 1.35. The van der Waals surface area contributed by atoms with Crippen LogP contribution in [0.4, 0.5) is 0 Å². The molecule has 2 rings (SSSR count). The van der Waals surface area contributed by atoms with Crippen LogP contribution in [0.5, 0.6) is 0 Å². The Labute approximate surface area is 131 Å². The molecule has 0 aromatic heterocycles. The normalized spacial score (nSPS) is 36.5. The Kier molecular flexibility index (Phi) is 6.28. The molecular weight excluding hydrogens is 288 g/mol. The molecule has 0 bridgehead atoms. The molecule has 0 aliphatic carbocycles. The zero-order chi connectivity index (χ0) is 16.2. The Hall–Kier alpha value is -0.600. The summed E-state index contributed by atoms with van der Waals surface area (Å²) in [5, 5.41) is 37.5. The molecule has 1 fully saturated rings. The van der Waals surface area contributed by atoms with E-state index in [1.165, 1.54) is 25.7 Å². The van der Waals surface area contributed by atoms with Crippen LogP contribution in [0.3, 0.4) is 0 Å². The van der Waals surface area contributed by atoms with Gasteiger partial charge < -0.3 is 24.8 Å². The molecule has 1 saturated heterocycles. The average Bonchev–Trinajstić information content (AvgIpc) is 3.24. The first-order valence-electron chi connectivity index (χ1n) is 8.25. The van der Waals surface area contributed by atoms with Gasteiger partial charge >= 0.3 is 0 Å². The fraction of sp³-hybridized carbons (Fsp3) is 1.00. The van der Waals surface area contributed by atoms with Crippen LogP contribution in [0.2, 0.25) is 0 Å². The fourth-order valence-electron chi connectivity index (χ4n) is 2.71. The summed E-state index contributed by atoms with van der Waals surface area (Å²) in [4.78, 5) is 0. The van der Waals surface area contributed by atoms with Gasteiger partial charge in [0.1, 0.15) is 24.4 Å². The third-order valence-electron chi connectivity index (χ3n) is 4.30. The highest BCUT2D eigenvalue weighted by Gasteiger charge is 2.56. The van der Waals surface area contributed by atoms with Crippen LogP contribution in [0, 0.1) is 0 Å². The van der Waals surface area contributed by atoms with Gasteiger partial charge in [-0.25, -0.2) is 0 Å². The van der Waals surface area contributed by atoms with E-state index >= 15 is 0 Å². The van der Waals surface area contributed by atoms with E-state index in [2.05, 4.69) is 17.2 Å².